The molecule has 0 spiro atoms. The maximum atomic E-state index is 13.3. The summed E-state index contributed by atoms with van der Waals surface area (Å²) >= 11 is 6.44. The molecule has 0 aliphatic rings. The molecule has 0 aliphatic heterocycles. The highest BCUT2D eigenvalue weighted by molar-refractivity contribution is 6.31. The first-order valence-electron chi connectivity index (χ1n) is 12.6. The molecule has 0 fully saturated rings. The van der Waals surface area contributed by atoms with Crippen LogP contribution in [0.25, 0.3) is 22.0 Å². The third-order valence-corrected chi connectivity index (χ3v) is 6.82. The Bertz CT molecular complexity index is 1090. The standard InChI is InChI=1S/C29H39ClN2O2.ClH/c1-6-8-9-13-18-29(3,4)20-25(31-5)32-26(21-14-11-10-12-15-21)24-19-22(30)16-17-23(24)27(32)28(33)34-7-2;/h10-12,14-17,19,25,31H,6-9,13,18,20H2,1-5H3;1H. The summed E-state index contributed by atoms with van der Waals surface area (Å²) in [6.07, 6.45) is 6.95. The molecule has 0 radical (unpaired) electrons. The largest absolute Gasteiger partial charge is 0.461 e. The van der Waals surface area contributed by atoms with Crippen LogP contribution in [0.3, 0.4) is 0 Å². The Labute approximate surface area is 221 Å². The van der Waals surface area contributed by atoms with Crippen molar-refractivity contribution in [1.82, 2.24) is 9.88 Å². The molecule has 1 unspecified atom stereocenters. The number of benzene rings is 2. The Kier molecular flexibility index (Phi) is 11.1. The van der Waals surface area contributed by atoms with Crippen molar-refractivity contribution in [2.75, 3.05) is 13.7 Å². The van der Waals surface area contributed by atoms with Crippen molar-refractivity contribution < 1.29 is 9.53 Å². The first-order chi connectivity index (χ1) is 16.3. The van der Waals surface area contributed by atoms with E-state index in [1.54, 1.807) is 0 Å². The number of halogens is 2. The third kappa shape index (κ3) is 7.03. The van der Waals surface area contributed by atoms with Crippen molar-refractivity contribution in [2.24, 2.45) is 5.41 Å². The van der Waals surface area contributed by atoms with Crippen molar-refractivity contribution in [2.45, 2.75) is 72.4 Å². The van der Waals surface area contributed by atoms with Gasteiger partial charge in [0.25, 0.3) is 0 Å². The second-order valence-electron chi connectivity index (χ2n) is 9.83. The number of unbranched alkanes of at least 4 members (excludes halogenated alkanes) is 3. The highest BCUT2D eigenvalue weighted by atomic mass is 35.5. The second kappa shape index (κ2) is 13.3. The van der Waals surface area contributed by atoms with Crippen LogP contribution in [0.15, 0.2) is 48.5 Å². The molecule has 0 bridgehead atoms. The number of nitrogens with zero attached hydrogens (tertiary/aromatic N) is 1. The van der Waals surface area contributed by atoms with Crippen molar-refractivity contribution in [3.63, 3.8) is 0 Å². The van der Waals surface area contributed by atoms with Crippen LogP contribution in [0.2, 0.25) is 5.02 Å². The summed E-state index contributed by atoms with van der Waals surface area (Å²) in [6.45, 7) is 9.07. The summed E-state index contributed by atoms with van der Waals surface area (Å²) in [7, 11) is 1.97. The molecule has 4 nitrogen and oxygen atoms in total. The van der Waals surface area contributed by atoms with Gasteiger partial charge in [0.2, 0.25) is 0 Å². The van der Waals surface area contributed by atoms with Gasteiger partial charge in [0, 0.05) is 15.8 Å². The van der Waals surface area contributed by atoms with E-state index in [1.807, 2.05) is 50.4 Å². The second-order valence-corrected chi connectivity index (χ2v) is 10.3. The lowest BCUT2D eigenvalue weighted by atomic mass is 9.82. The number of fused-ring (bicyclic) bond motifs is 1. The number of esters is 1. The summed E-state index contributed by atoms with van der Waals surface area (Å²) in [6, 6.07) is 16.0. The monoisotopic (exact) mass is 518 g/mol. The molecule has 35 heavy (non-hydrogen) atoms. The molecule has 6 heteroatoms. The zero-order valence-corrected chi connectivity index (χ0v) is 23.3. The van der Waals surface area contributed by atoms with E-state index in [2.05, 4.69) is 42.8 Å². The van der Waals surface area contributed by atoms with Gasteiger partial charge in [-0.05, 0) is 49.9 Å². The van der Waals surface area contributed by atoms with E-state index in [0.29, 0.717) is 17.3 Å². The quantitative estimate of drug-likeness (QED) is 0.192. The van der Waals surface area contributed by atoms with Crippen LogP contribution in [0, 0.1) is 5.41 Å². The predicted molar refractivity (Wildman–Crippen MR) is 151 cm³/mol. The van der Waals surface area contributed by atoms with Crippen LogP contribution in [0.4, 0.5) is 0 Å². The minimum absolute atomic E-state index is 0. The van der Waals surface area contributed by atoms with Crippen LogP contribution >= 0.6 is 24.0 Å². The molecule has 1 heterocycles. The fourth-order valence-electron chi connectivity index (χ4n) is 4.88. The summed E-state index contributed by atoms with van der Waals surface area (Å²) < 4.78 is 7.71. The first kappa shape index (κ1) is 29.2. The van der Waals surface area contributed by atoms with Gasteiger partial charge in [-0.3, -0.25) is 0 Å². The summed E-state index contributed by atoms with van der Waals surface area (Å²) in [5.74, 6) is -0.307. The van der Waals surface area contributed by atoms with Crippen molar-refractivity contribution in [1.29, 1.82) is 0 Å². The maximum Gasteiger partial charge on any atom is 0.355 e. The Morgan fingerprint density at radius 3 is 2.40 bits per heavy atom. The summed E-state index contributed by atoms with van der Waals surface area (Å²) in [5, 5.41) is 5.99. The zero-order valence-electron chi connectivity index (χ0n) is 21.7. The molecule has 0 amide bonds. The summed E-state index contributed by atoms with van der Waals surface area (Å²) in [4.78, 5) is 13.3. The molecule has 3 aromatic rings. The van der Waals surface area contributed by atoms with E-state index < -0.39 is 0 Å². The van der Waals surface area contributed by atoms with Crippen LogP contribution in [0.5, 0.6) is 0 Å². The molecule has 0 saturated carbocycles. The molecule has 3 rings (SSSR count). The number of aromatic nitrogens is 1. The third-order valence-electron chi connectivity index (χ3n) is 6.59. The fraction of sp³-hybridized carbons (Fsp3) is 0.483. The lowest BCUT2D eigenvalue weighted by molar-refractivity contribution is 0.0510. The highest BCUT2D eigenvalue weighted by Crippen LogP contribution is 2.41. The van der Waals surface area contributed by atoms with Gasteiger partial charge in [0.05, 0.1) is 18.5 Å². The van der Waals surface area contributed by atoms with Gasteiger partial charge in [-0.1, -0.05) is 94.5 Å². The number of carbonyl (C=O) groups excluding carboxylic acids is 1. The number of ether oxygens (including phenoxy) is 1. The molecule has 0 saturated heterocycles. The number of hydrogen-bond acceptors (Lipinski definition) is 3. The minimum Gasteiger partial charge on any atom is -0.461 e. The van der Waals surface area contributed by atoms with E-state index in [1.165, 1.54) is 25.7 Å². The smallest absolute Gasteiger partial charge is 0.355 e. The zero-order chi connectivity index (χ0) is 24.7. The molecule has 0 aliphatic carbocycles. The van der Waals surface area contributed by atoms with Crippen LogP contribution in [0.1, 0.15) is 82.9 Å². The molecular weight excluding hydrogens is 479 g/mol. The summed E-state index contributed by atoms with van der Waals surface area (Å²) in [5.41, 5.74) is 2.72. The Morgan fingerprint density at radius 1 is 1.06 bits per heavy atom. The predicted octanol–water partition coefficient (Wildman–Crippen LogP) is 8.66. The molecule has 1 atom stereocenters. The van der Waals surface area contributed by atoms with Gasteiger partial charge in [-0.25, -0.2) is 4.79 Å². The van der Waals surface area contributed by atoms with E-state index in [9.17, 15) is 4.79 Å². The van der Waals surface area contributed by atoms with E-state index in [-0.39, 0.29) is 30.0 Å². The SMILES string of the molecule is CCCCCCC(C)(C)CC(NC)n1c(C(=O)OCC)c2ccc(Cl)cc2c1-c1ccccc1.Cl. The van der Waals surface area contributed by atoms with Gasteiger partial charge in [-0.2, -0.15) is 0 Å². The van der Waals surface area contributed by atoms with E-state index in [4.69, 9.17) is 16.3 Å². The topological polar surface area (TPSA) is 43.3 Å². The molecule has 1 N–H and O–H groups in total. The van der Waals surface area contributed by atoms with Crippen LogP contribution < -0.4 is 5.32 Å². The van der Waals surface area contributed by atoms with Crippen LogP contribution in [-0.2, 0) is 4.74 Å². The van der Waals surface area contributed by atoms with Crippen molar-refractivity contribution in [3.8, 4) is 11.3 Å². The fourth-order valence-corrected chi connectivity index (χ4v) is 5.05. The number of hydrogen-bond donors (Lipinski definition) is 1. The van der Waals surface area contributed by atoms with Gasteiger partial charge in [-0.15, -0.1) is 12.4 Å². The average Bonchev–Trinajstić information content (AvgIpc) is 3.15. The molecule has 1 aromatic heterocycles. The van der Waals surface area contributed by atoms with Crippen molar-refractivity contribution >= 4 is 40.7 Å². The van der Waals surface area contributed by atoms with Gasteiger partial charge in [0.15, 0.2) is 0 Å². The van der Waals surface area contributed by atoms with Gasteiger partial charge >= 0.3 is 5.97 Å². The Morgan fingerprint density at radius 2 is 1.77 bits per heavy atom. The van der Waals surface area contributed by atoms with Gasteiger partial charge in [0.1, 0.15) is 5.69 Å². The van der Waals surface area contributed by atoms with Gasteiger partial charge < -0.3 is 14.6 Å². The minimum atomic E-state index is -0.307. The van der Waals surface area contributed by atoms with Crippen LogP contribution in [-0.4, -0.2) is 24.2 Å². The molecule has 2 aromatic carbocycles. The normalized spacial score (nSPS) is 12.4. The van der Waals surface area contributed by atoms with Crippen molar-refractivity contribution in [3.05, 3.63) is 59.2 Å². The average molecular weight is 520 g/mol. The number of carbonyl (C=O) groups is 1. The first-order valence-corrected chi connectivity index (χ1v) is 12.9. The lowest BCUT2D eigenvalue weighted by Gasteiger charge is -2.32. The lowest BCUT2D eigenvalue weighted by Crippen LogP contribution is -2.31. The highest BCUT2D eigenvalue weighted by Gasteiger charge is 2.31. The van der Waals surface area contributed by atoms with E-state index in [0.717, 1.165) is 34.9 Å². The maximum absolute atomic E-state index is 13.3. The molecule has 192 valence electrons. The molecular formula is C29H40Cl2N2O2. The number of rotatable bonds is 12. The Balaban J connectivity index is 0.00000432. The van der Waals surface area contributed by atoms with E-state index >= 15 is 0 Å². The Hall–Kier alpha value is -2.01. The number of nitrogens with one attached hydrogen (secondary N) is 1.